The Kier molecular flexibility index (Phi) is 8.97. The van der Waals surface area contributed by atoms with E-state index in [1.165, 1.54) is 5.56 Å². The van der Waals surface area contributed by atoms with Crippen LogP contribution in [0.5, 0.6) is 5.75 Å². The van der Waals surface area contributed by atoms with Crippen LogP contribution < -0.4 is 15.4 Å². The van der Waals surface area contributed by atoms with Crippen molar-refractivity contribution in [2.45, 2.75) is 26.4 Å². The molecule has 0 aliphatic carbocycles. The molecular formula is C20H27IN6O2. The van der Waals surface area contributed by atoms with Gasteiger partial charge in [-0.1, -0.05) is 12.1 Å². The number of aryl methyl sites for hydroxylation is 1. The number of benzene rings is 1. The molecule has 2 heterocycles. The van der Waals surface area contributed by atoms with Crippen LogP contribution in [0.1, 0.15) is 18.3 Å². The number of halogens is 1. The molecule has 1 aromatic carbocycles. The van der Waals surface area contributed by atoms with Crippen molar-refractivity contribution in [1.29, 1.82) is 0 Å². The number of nitrogens with zero attached hydrogens (tertiary/aromatic N) is 3. The van der Waals surface area contributed by atoms with Crippen LogP contribution in [0, 0.1) is 6.92 Å². The minimum atomic E-state index is 0. The Morgan fingerprint density at radius 2 is 2.14 bits per heavy atom. The Hall–Kier alpha value is -2.56. The van der Waals surface area contributed by atoms with Crippen LogP contribution >= 0.6 is 24.0 Å². The van der Waals surface area contributed by atoms with E-state index < -0.39 is 0 Å². The van der Waals surface area contributed by atoms with Gasteiger partial charge in [0.25, 0.3) is 0 Å². The van der Waals surface area contributed by atoms with Crippen LogP contribution in [-0.4, -0.2) is 47.4 Å². The van der Waals surface area contributed by atoms with Crippen molar-refractivity contribution in [3.05, 3.63) is 54.0 Å². The SMILES string of the molecule is CN=C(NCCc1nc(-c2ccco2)n[nH]1)NCC(C)Oc1cccc(C)c1.I. The van der Waals surface area contributed by atoms with E-state index in [-0.39, 0.29) is 30.1 Å². The van der Waals surface area contributed by atoms with Crippen molar-refractivity contribution < 1.29 is 9.15 Å². The van der Waals surface area contributed by atoms with Gasteiger partial charge in [-0.2, -0.15) is 5.10 Å². The molecule has 0 saturated heterocycles. The van der Waals surface area contributed by atoms with Crippen molar-refractivity contribution in [3.63, 3.8) is 0 Å². The number of ether oxygens (including phenoxy) is 1. The largest absolute Gasteiger partial charge is 0.489 e. The Balaban J connectivity index is 0.00000300. The number of furan rings is 1. The number of aromatic nitrogens is 3. The first-order valence-electron chi connectivity index (χ1n) is 9.27. The summed E-state index contributed by atoms with van der Waals surface area (Å²) in [7, 11) is 1.74. The summed E-state index contributed by atoms with van der Waals surface area (Å²) in [6.45, 7) is 5.37. The van der Waals surface area contributed by atoms with E-state index in [0.29, 0.717) is 37.1 Å². The van der Waals surface area contributed by atoms with E-state index >= 15 is 0 Å². The van der Waals surface area contributed by atoms with Crippen LogP contribution in [0.15, 0.2) is 52.1 Å². The molecular weight excluding hydrogens is 483 g/mol. The first-order valence-corrected chi connectivity index (χ1v) is 9.27. The first kappa shape index (κ1) is 22.7. The fourth-order valence-electron chi connectivity index (χ4n) is 2.65. The maximum atomic E-state index is 5.92. The lowest BCUT2D eigenvalue weighted by Crippen LogP contribution is -2.42. The lowest BCUT2D eigenvalue weighted by molar-refractivity contribution is 0.223. The molecule has 0 amide bonds. The molecule has 0 aliphatic heterocycles. The third kappa shape index (κ3) is 7.08. The number of hydrogen-bond acceptors (Lipinski definition) is 5. The standard InChI is InChI=1S/C20H26N6O2.HI/c1-14-6-4-7-16(12-14)28-15(2)13-23-20(21-3)22-10-9-18-24-19(26-25-18)17-8-5-11-27-17;/h4-8,11-12,15H,9-10,13H2,1-3H3,(H2,21,22,23)(H,24,25,26);1H. The Morgan fingerprint density at radius 3 is 2.86 bits per heavy atom. The molecule has 3 rings (SSSR count). The summed E-state index contributed by atoms with van der Waals surface area (Å²) in [4.78, 5) is 8.66. The molecule has 3 aromatic rings. The van der Waals surface area contributed by atoms with Gasteiger partial charge >= 0.3 is 0 Å². The molecule has 8 nitrogen and oxygen atoms in total. The van der Waals surface area contributed by atoms with E-state index in [0.717, 1.165) is 11.6 Å². The predicted molar refractivity (Wildman–Crippen MR) is 124 cm³/mol. The van der Waals surface area contributed by atoms with Gasteiger partial charge in [0.15, 0.2) is 11.7 Å². The molecule has 0 radical (unpaired) electrons. The molecule has 156 valence electrons. The van der Waals surface area contributed by atoms with Gasteiger partial charge in [-0.25, -0.2) is 4.98 Å². The highest BCUT2D eigenvalue weighted by atomic mass is 127. The molecule has 2 aromatic heterocycles. The fourth-order valence-corrected chi connectivity index (χ4v) is 2.65. The maximum absolute atomic E-state index is 5.92. The predicted octanol–water partition coefficient (Wildman–Crippen LogP) is 3.17. The summed E-state index contributed by atoms with van der Waals surface area (Å²) in [5.41, 5.74) is 1.18. The fraction of sp³-hybridized carbons (Fsp3) is 0.350. The number of hydrogen-bond donors (Lipinski definition) is 3. The van der Waals surface area contributed by atoms with Gasteiger partial charge in [0, 0.05) is 20.0 Å². The molecule has 0 saturated carbocycles. The topological polar surface area (TPSA) is 100 Å². The summed E-state index contributed by atoms with van der Waals surface area (Å²) in [5, 5.41) is 13.6. The zero-order chi connectivity index (χ0) is 19.8. The van der Waals surface area contributed by atoms with Crippen molar-refractivity contribution in [3.8, 4) is 17.3 Å². The normalized spacial score (nSPS) is 12.2. The van der Waals surface area contributed by atoms with Gasteiger partial charge in [0.1, 0.15) is 17.7 Å². The van der Waals surface area contributed by atoms with Gasteiger partial charge < -0.3 is 19.8 Å². The quantitative estimate of drug-likeness (QED) is 0.245. The molecule has 0 bridgehead atoms. The molecule has 3 N–H and O–H groups in total. The van der Waals surface area contributed by atoms with Crippen LogP contribution in [-0.2, 0) is 6.42 Å². The maximum Gasteiger partial charge on any atom is 0.216 e. The van der Waals surface area contributed by atoms with Gasteiger partial charge in [0.2, 0.25) is 5.82 Å². The molecule has 0 aliphatic rings. The molecule has 1 atom stereocenters. The second kappa shape index (κ2) is 11.4. The first-order chi connectivity index (χ1) is 13.6. The Labute approximate surface area is 187 Å². The highest BCUT2D eigenvalue weighted by Crippen LogP contribution is 2.15. The zero-order valence-electron chi connectivity index (χ0n) is 16.8. The average Bonchev–Trinajstić information content (AvgIpc) is 3.36. The number of H-pyrrole nitrogens is 1. The average molecular weight is 510 g/mol. The Bertz CT molecular complexity index is 894. The van der Waals surface area contributed by atoms with Crippen molar-refractivity contribution >= 4 is 29.9 Å². The summed E-state index contributed by atoms with van der Waals surface area (Å²) in [6, 6.07) is 11.7. The molecule has 0 fully saturated rings. The minimum absolute atomic E-state index is 0. The number of nitrogens with one attached hydrogen (secondary N) is 3. The third-order valence-corrected chi connectivity index (χ3v) is 4.03. The van der Waals surface area contributed by atoms with E-state index in [1.54, 1.807) is 13.3 Å². The van der Waals surface area contributed by atoms with Gasteiger partial charge in [-0.05, 0) is 43.7 Å². The highest BCUT2D eigenvalue weighted by Gasteiger charge is 2.09. The summed E-state index contributed by atoms with van der Waals surface area (Å²) >= 11 is 0. The van der Waals surface area contributed by atoms with E-state index in [4.69, 9.17) is 9.15 Å². The van der Waals surface area contributed by atoms with Gasteiger partial charge in [-0.3, -0.25) is 10.1 Å². The molecule has 9 heteroatoms. The zero-order valence-corrected chi connectivity index (χ0v) is 19.1. The third-order valence-electron chi connectivity index (χ3n) is 4.03. The minimum Gasteiger partial charge on any atom is -0.489 e. The van der Waals surface area contributed by atoms with E-state index in [9.17, 15) is 0 Å². The van der Waals surface area contributed by atoms with Crippen LogP contribution in [0.3, 0.4) is 0 Å². The van der Waals surface area contributed by atoms with Crippen LogP contribution in [0.2, 0.25) is 0 Å². The van der Waals surface area contributed by atoms with E-state index in [1.807, 2.05) is 50.2 Å². The van der Waals surface area contributed by atoms with Crippen LogP contribution in [0.4, 0.5) is 0 Å². The number of rotatable bonds is 8. The second-order valence-corrected chi connectivity index (χ2v) is 6.46. The van der Waals surface area contributed by atoms with Crippen molar-refractivity contribution in [1.82, 2.24) is 25.8 Å². The lowest BCUT2D eigenvalue weighted by Gasteiger charge is -2.18. The molecule has 29 heavy (non-hydrogen) atoms. The summed E-state index contributed by atoms with van der Waals surface area (Å²) in [5.74, 6) is 3.58. The van der Waals surface area contributed by atoms with E-state index in [2.05, 4.69) is 30.8 Å². The number of aliphatic imine (C=N–C) groups is 1. The van der Waals surface area contributed by atoms with Gasteiger partial charge in [0.05, 0.1) is 12.8 Å². The van der Waals surface area contributed by atoms with Gasteiger partial charge in [-0.15, -0.1) is 24.0 Å². The monoisotopic (exact) mass is 510 g/mol. The van der Waals surface area contributed by atoms with Crippen molar-refractivity contribution in [2.75, 3.05) is 20.1 Å². The Morgan fingerprint density at radius 1 is 1.28 bits per heavy atom. The highest BCUT2D eigenvalue weighted by molar-refractivity contribution is 14.0. The number of aromatic amines is 1. The molecule has 0 spiro atoms. The summed E-state index contributed by atoms with van der Waals surface area (Å²) in [6.07, 6.45) is 2.29. The number of guanidine groups is 1. The molecule has 1 unspecified atom stereocenters. The summed E-state index contributed by atoms with van der Waals surface area (Å²) < 4.78 is 11.2. The lowest BCUT2D eigenvalue weighted by atomic mass is 10.2. The van der Waals surface area contributed by atoms with Crippen molar-refractivity contribution in [2.24, 2.45) is 4.99 Å². The second-order valence-electron chi connectivity index (χ2n) is 6.46. The van der Waals surface area contributed by atoms with Crippen LogP contribution in [0.25, 0.3) is 11.6 Å². The smallest absolute Gasteiger partial charge is 0.216 e.